The quantitative estimate of drug-likeness (QED) is 0.576. The number of nitrogens with zero attached hydrogens (tertiary/aromatic N) is 2. The third-order valence-electron chi connectivity index (χ3n) is 2.31. The lowest BCUT2D eigenvalue weighted by atomic mass is 10.3. The lowest BCUT2D eigenvalue weighted by Gasteiger charge is -2.08. The average molecular weight is 279 g/mol. The number of carbonyl (C=O) groups is 1. The maximum Gasteiger partial charge on any atom is 0.436 e. The van der Waals surface area contributed by atoms with Crippen molar-refractivity contribution in [2.75, 3.05) is 5.32 Å². The molecule has 2 rings (SSSR count). The van der Waals surface area contributed by atoms with Gasteiger partial charge >= 0.3 is 6.09 Å². The van der Waals surface area contributed by atoms with Crippen molar-refractivity contribution in [3.05, 3.63) is 46.5 Å². The van der Waals surface area contributed by atoms with Crippen LogP contribution >= 0.6 is 0 Å². The summed E-state index contributed by atoms with van der Waals surface area (Å²) in [5.41, 5.74) is -0.390. The molecule has 1 aromatic heterocycles. The smallest absolute Gasteiger partial charge is 0.436 e. The molecule has 0 unspecified atom stereocenters. The molecule has 0 aliphatic carbocycles. The summed E-state index contributed by atoms with van der Waals surface area (Å²) in [7, 11) is 0. The molecular formula is C11H9N3O6. The van der Waals surface area contributed by atoms with Gasteiger partial charge in [0.2, 0.25) is 11.8 Å². The molecule has 0 saturated carbocycles. The predicted molar refractivity (Wildman–Crippen MR) is 66.5 cm³/mol. The Morgan fingerprint density at radius 3 is 2.40 bits per heavy atom. The number of aromatic hydroxyl groups is 2. The highest BCUT2D eigenvalue weighted by Gasteiger charge is 2.17. The first-order valence-corrected chi connectivity index (χ1v) is 5.31. The molecule has 2 aromatic rings. The SMILES string of the molecule is O=C(Nc1ccccc1[N+](=O)[O-])On1c(O)ccc1O. The fourth-order valence-corrected chi connectivity index (χ4v) is 1.45. The van der Waals surface area contributed by atoms with Gasteiger partial charge in [-0.05, 0) is 6.07 Å². The van der Waals surface area contributed by atoms with Gasteiger partial charge < -0.3 is 15.1 Å². The number of amides is 1. The van der Waals surface area contributed by atoms with Crippen molar-refractivity contribution in [3.63, 3.8) is 0 Å². The van der Waals surface area contributed by atoms with Crippen LogP contribution in [0.5, 0.6) is 11.8 Å². The van der Waals surface area contributed by atoms with Crippen LogP contribution in [0.2, 0.25) is 0 Å². The molecule has 1 heterocycles. The molecule has 0 bridgehead atoms. The molecule has 3 N–H and O–H groups in total. The Balaban J connectivity index is 2.15. The minimum Gasteiger partial charge on any atom is -0.492 e. The minimum atomic E-state index is -1.11. The van der Waals surface area contributed by atoms with Gasteiger partial charge in [0.1, 0.15) is 5.69 Å². The van der Waals surface area contributed by atoms with E-state index in [1.54, 1.807) is 0 Å². The largest absolute Gasteiger partial charge is 0.492 e. The number of anilines is 1. The third-order valence-corrected chi connectivity index (χ3v) is 2.31. The summed E-state index contributed by atoms with van der Waals surface area (Å²) < 4.78 is 0.462. The zero-order valence-electron chi connectivity index (χ0n) is 9.89. The van der Waals surface area contributed by atoms with Gasteiger partial charge in [-0.25, -0.2) is 4.79 Å². The number of nitro benzene ring substituents is 1. The van der Waals surface area contributed by atoms with Crippen LogP contribution in [0.4, 0.5) is 16.2 Å². The molecule has 104 valence electrons. The Kier molecular flexibility index (Phi) is 3.42. The maximum absolute atomic E-state index is 11.6. The first-order chi connectivity index (χ1) is 9.49. The molecule has 9 heteroatoms. The number of nitro groups is 1. The average Bonchev–Trinajstić information content (AvgIpc) is 2.71. The Morgan fingerprint density at radius 2 is 1.80 bits per heavy atom. The molecule has 0 aliphatic rings. The van der Waals surface area contributed by atoms with Crippen molar-refractivity contribution >= 4 is 17.5 Å². The number of hydrogen-bond donors (Lipinski definition) is 3. The van der Waals surface area contributed by atoms with E-state index in [0.29, 0.717) is 4.73 Å². The monoisotopic (exact) mass is 279 g/mol. The molecule has 0 radical (unpaired) electrons. The first-order valence-electron chi connectivity index (χ1n) is 5.31. The summed E-state index contributed by atoms with van der Waals surface area (Å²) in [4.78, 5) is 26.2. The van der Waals surface area contributed by atoms with Crippen molar-refractivity contribution in [3.8, 4) is 11.8 Å². The Bertz CT molecular complexity index is 646. The standard InChI is InChI=1S/C11H9N3O6/c15-9-5-6-10(16)13(9)20-11(17)12-7-3-1-2-4-8(7)14(18)19/h1-6,15-16H,(H,12,17). The summed E-state index contributed by atoms with van der Waals surface area (Å²) in [6, 6.07) is 7.67. The zero-order chi connectivity index (χ0) is 14.7. The Morgan fingerprint density at radius 1 is 1.20 bits per heavy atom. The van der Waals surface area contributed by atoms with Crippen LogP contribution < -0.4 is 10.2 Å². The van der Waals surface area contributed by atoms with Gasteiger partial charge in [0.15, 0.2) is 0 Å². The topological polar surface area (TPSA) is 127 Å². The van der Waals surface area contributed by atoms with Crippen LogP contribution in [0.3, 0.4) is 0 Å². The van der Waals surface area contributed by atoms with Crippen LogP contribution in [-0.2, 0) is 0 Å². The van der Waals surface area contributed by atoms with Crippen LogP contribution in [0.15, 0.2) is 36.4 Å². The molecule has 0 spiro atoms. The Labute approximate surface area is 111 Å². The van der Waals surface area contributed by atoms with Crippen LogP contribution in [-0.4, -0.2) is 26.0 Å². The fraction of sp³-hybridized carbons (Fsp3) is 0. The van der Waals surface area contributed by atoms with Gasteiger partial charge in [-0.2, -0.15) is 0 Å². The molecule has 1 aromatic carbocycles. The van der Waals surface area contributed by atoms with Gasteiger partial charge in [0.25, 0.3) is 5.69 Å². The van der Waals surface area contributed by atoms with E-state index in [9.17, 15) is 25.1 Å². The van der Waals surface area contributed by atoms with E-state index in [-0.39, 0.29) is 11.4 Å². The normalized spacial score (nSPS) is 10.0. The van der Waals surface area contributed by atoms with Crippen molar-refractivity contribution in [1.29, 1.82) is 0 Å². The van der Waals surface area contributed by atoms with Gasteiger partial charge in [-0.15, -0.1) is 4.73 Å². The van der Waals surface area contributed by atoms with Crippen molar-refractivity contribution < 1.29 is 24.8 Å². The van der Waals surface area contributed by atoms with Crippen molar-refractivity contribution in [2.24, 2.45) is 0 Å². The van der Waals surface area contributed by atoms with Crippen LogP contribution in [0.25, 0.3) is 0 Å². The summed E-state index contributed by atoms with van der Waals surface area (Å²) in [6.45, 7) is 0. The number of para-hydroxylation sites is 2. The first kappa shape index (κ1) is 13.2. The molecule has 0 aliphatic heterocycles. The van der Waals surface area contributed by atoms with E-state index in [0.717, 1.165) is 12.1 Å². The zero-order valence-corrected chi connectivity index (χ0v) is 9.89. The number of hydrogen-bond acceptors (Lipinski definition) is 6. The van der Waals surface area contributed by atoms with Gasteiger partial charge in [0.05, 0.1) is 4.92 Å². The second-order valence-electron chi connectivity index (χ2n) is 3.62. The van der Waals surface area contributed by atoms with Gasteiger partial charge in [0, 0.05) is 18.2 Å². The molecule has 0 fully saturated rings. The van der Waals surface area contributed by atoms with Crippen molar-refractivity contribution in [1.82, 2.24) is 4.73 Å². The predicted octanol–water partition coefficient (Wildman–Crippen LogP) is 1.47. The summed E-state index contributed by atoms with van der Waals surface area (Å²) in [5.74, 6) is -1.000. The fourth-order valence-electron chi connectivity index (χ4n) is 1.45. The van der Waals surface area contributed by atoms with E-state index < -0.39 is 22.8 Å². The Hall–Kier alpha value is -3.23. The van der Waals surface area contributed by atoms with E-state index in [1.165, 1.54) is 24.3 Å². The summed E-state index contributed by atoms with van der Waals surface area (Å²) in [6.07, 6.45) is -1.11. The number of nitrogens with one attached hydrogen (secondary N) is 1. The third kappa shape index (κ3) is 2.61. The molecule has 0 atom stereocenters. The molecular weight excluding hydrogens is 270 g/mol. The van der Waals surface area contributed by atoms with Gasteiger partial charge in [-0.3, -0.25) is 15.4 Å². The number of benzene rings is 1. The van der Waals surface area contributed by atoms with E-state index in [4.69, 9.17) is 0 Å². The molecule has 9 nitrogen and oxygen atoms in total. The maximum atomic E-state index is 11.6. The van der Waals surface area contributed by atoms with E-state index in [1.807, 2.05) is 0 Å². The number of rotatable bonds is 3. The second-order valence-corrected chi connectivity index (χ2v) is 3.62. The van der Waals surface area contributed by atoms with Gasteiger partial charge in [-0.1, -0.05) is 12.1 Å². The molecule has 0 saturated heterocycles. The highest BCUT2D eigenvalue weighted by atomic mass is 16.7. The lowest BCUT2D eigenvalue weighted by Crippen LogP contribution is -2.24. The summed E-state index contributed by atoms with van der Waals surface area (Å²) in [5, 5.41) is 31.5. The molecule has 20 heavy (non-hydrogen) atoms. The van der Waals surface area contributed by atoms with E-state index >= 15 is 0 Å². The number of carbonyl (C=O) groups excluding carboxylic acids is 1. The highest BCUT2D eigenvalue weighted by molar-refractivity contribution is 5.88. The highest BCUT2D eigenvalue weighted by Crippen LogP contribution is 2.23. The molecule has 1 amide bonds. The van der Waals surface area contributed by atoms with Crippen molar-refractivity contribution in [2.45, 2.75) is 0 Å². The minimum absolute atomic E-state index is 0.0753. The van der Waals surface area contributed by atoms with E-state index in [2.05, 4.69) is 10.2 Å². The second kappa shape index (κ2) is 5.18. The van der Waals surface area contributed by atoms with Crippen LogP contribution in [0.1, 0.15) is 0 Å². The lowest BCUT2D eigenvalue weighted by molar-refractivity contribution is -0.383. The number of aromatic nitrogens is 1. The van der Waals surface area contributed by atoms with Crippen LogP contribution in [0, 0.1) is 10.1 Å². The summed E-state index contributed by atoms with van der Waals surface area (Å²) >= 11 is 0.